The Kier molecular flexibility index (Phi) is 4.59. The van der Waals surface area contributed by atoms with Crippen molar-refractivity contribution < 1.29 is 9.53 Å². The molecule has 1 atom stereocenters. The molecule has 1 aliphatic rings. The number of rotatable bonds is 5. The molecule has 0 saturated carbocycles. The zero-order valence-electron chi connectivity index (χ0n) is 12.1. The van der Waals surface area contributed by atoms with Crippen LogP contribution in [0, 0.1) is 0 Å². The summed E-state index contributed by atoms with van der Waals surface area (Å²) in [6, 6.07) is 8.91. The largest absolute Gasteiger partial charge is 0.383 e. The zero-order chi connectivity index (χ0) is 13.8. The Morgan fingerprint density at radius 2 is 2.00 bits per heavy atom. The van der Waals surface area contributed by atoms with Crippen molar-refractivity contribution in [3.05, 3.63) is 35.4 Å². The van der Waals surface area contributed by atoms with E-state index in [0.717, 1.165) is 6.42 Å². The second-order valence-corrected chi connectivity index (χ2v) is 5.46. The number of likely N-dealkylation sites (tertiary alicyclic amines) is 1. The Bertz CT molecular complexity index is 425. The van der Waals surface area contributed by atoms with Crippen LogP contribution in [-0.2, 0) is 9.53 Å². The molecule has 1 aromatic carbocycles. The number of nitrogens with zero attached hydrogens (tertiary/aromatic N) is 1. The van der Waals surface area contributed by atoms with Crippen molar-refractivity contribution in [3.63, 3.8) is 0 Å². The number of benzene rings is 1. The van der Waals surface area contributed by atoms with E-state index >= 15 is 0 Å². The van der Waals surface area contributed by atoms with Gasteiger partial charge in [0.15, 0.2) is 0 Å². The highest BCUT2D eigenvalue weighted by Gasteiger charge is 2.31. The van der Waals surface area contributed by atoms with Gasteiger partial charge in [-0.3, -0.25) is 4.79 Å². The van der Waals surface area contributed by atoms with Crippen LogP contribution < -0.4 is 0 Å². The fourth-order valence-corrected chi connectivity index (χ4v) is 2.65. The van der Waals surface area contributed by atoms with Gasteiger partial charge in [-0.2, -0.15) is 0 Å². The summed E-state index contributed by atoms with van der Waals surface area (Å²) in [5.74, 6) is 0.791. The summed E-state index contributed by atoms with van der Waals surface area (Å²) >= 11 is 0. The zero-order valence-corrected chi connectivity index (χ0v) is 12.1. The van der Waals surface area contributed by atoms with Gasteiger partial charge >= 0.3 is 0 Å². The minimum Gasteiger partial charge on any atom is -0.383 e. The molecule has 0 aromatic heterocycles. The van der Waals surface area contributed by atoms with E-state index in [1.807, 2.05) is 4.90 Å². The molecule has 1 aliphatic heterocycles. The molecule has 104 valence electrons. The fourth-order valence-electron chi connectivity index (χ4n) is 2.65. The number of carbonyl (C=O) groups excluding carboxylic acids is 1. The van der Waals surface area contributed by atoms with Crippen molar-refractivity contribution in [2.24, 2.45) is 0 Å². The quantitative estimate of drug-likeness (QED) is 0.815. The number of hydrogen-bond acceptors (Lipinski definition) is 2. The summed E-state index contributed by atoms with van der Waals surface area (Å²) < 4.78 is 5.09. The first-order valence-corrected chi connectivity index (χ1v) is 7.01. The molecule has 0 N–H and O–H groups in total. The maximum absolute atomic E-state index is 11.9. The Hall–Kier alpha value is -1.35. The Morgan fingerprint density at radius 3 is 2.58 bits per heavy atom. The van der Waals surface area contributed by atoms with E-state index in [0.29, 0.717) is 25.5 Å². The monoisotopic (exact) mass is 261 g/mol. The summed E-state index contributed by atoms with van der Waals surface area (Å²) in [5, 5.41) is 0. The highest BCUT2D eigenvalue weighted by molar-refractivity contribution is 5.79. The molecule has 1 unspecified atom stereocenters. The lowest BCUT2D eigenvalue weighted by atomic mass is 9.98. The van der Waals surface area contributed by atoms with E-state index in [-0.39, 0.29) is 11.9 Å². The minimum atomic E-state index is 0.226. The van der Waals surface area contributed by atoms with E-state index in [9.17, 15) is 4.79 Å². The molecular formula is C16H23NO2. The number of methoxy groups -OCH3 is 1. The maximum atomic E-state index is 11.9. The average Bonchev–Trinajstić information content (AvgIpc) is 2.78. The summed E-state index contributed by atoms with van der Waals surface area (Å²) in [5.41, 5.74) is 2.59. The molecule has 1 aromatic rings. The summed E-state index contributed by atoms with van der Waals surface area (Å²) in [6.07, 6.45) is 1.57. The van der Waals surface area contributed by atoms with Crippen molar-refractivity contribution >= 4 is 5.91 Å². The number of amides is 1. The fraction of sp³-hybridized carbons (Fsp3) is 0.562. The van der Waals surface area contributed by atoms with E-state index in [4.69, 9.17) is 4.74 Å². The van der Waals surface area contributed by atoms with Gasteiger partial charge in [0.05, 0.1) is 12.6 Å². The van der Waals surface area contributed by atoms with Crippen LogP contribution in [0.2, 0.25) is 0 Å². The van der Waals surface area contributed by atoms with Crippen LogP contribution in [0.4, 0.5) is 0 Å². The predicted molar refractivity (Wildman–Crippen MR) is 76.1 cm³/mol. The lowest BCUT2D eigenvalue weighted by Crippen LogP contribution is -2.30. The molecule has 1 heterocycles. The highest BCUT2D eigenvalue weighted by atomic mass is 16.5. The topological polar surface area (TPSA) is 29.5 Å². The van der Waals surface area contributed by atoms with Crippen LogP contribution in [0.3, 0.4) is 0 Å². The first-order valence-electron chi connectivity index (χ1n) is 7.01. The smallest absolute Gasteiger partial charge is 0.223 e. The predicted octanol–water partition coefficient (Wildman–Crippen LogP) is 3.12. The van der Waals surface area contributed by atoms with Crippen LogP contribution in [-0.4, -0.2) is 31.1 Å². The third kappa shape index (κ3) is 3.16. The maximum Gasteiger partial charge on any atom is 0.223 e. The number of hydrogen-bond donors (Lipinski definition) is 0. The molecule has 3 nitrogen and oxygen atoms in total. The van der Waals surface area contributed by atoms with E-state index < -0.39 is 0 Å². The highest BCUT2D eigenvalue weighted by Crippen LogP contribution is 2.33. The van der Waals surface area contributed by atoms with Crippen molar-refractivity contribution in [1.82, 2.24) is 4.90 Å². The molecule has 2 rings (SSSR count). The summed E-state index contributed by atoms with van der Waals surface area (Å²) in [7, 11) is 1.67. The van der Waals surface area contributed by atoms with Gasteiger partial charge in [0.1, 0.15) is 0 Å². The minimum absolute atomic E-state index is 0.226. The molecule has 0 spiro atoms. The summed E-state index contributed by atoms with van der Waals surface area (Å²) in [6.45, 7) is 5.68. The molecular weight excluding hydrogens is 238 g/mol. The van der Waals surface area contributed by atoms with Gasteiger partial charge in [0, 0.05) is 20.1 Å². The van der Waals surface area contributed by atoms with Crippen LogP contribution in [0.5, 0.6) is 0 Å². The molecule has 0 radical (unpaired) electrons. The Morgan fingerprint density at radius 1 is 1.32 bits per heavy atom. The average molecular weight is 261 g/mol. The lowest BCUT2D eigenvalue weighted by molar-refractivity contribution is -0.129. The normalized spacial score (nSPS) is 19.5. The van der Waals surface area contributed by atoms with Crippen LogP contribution in [0.25, 0.3) is 0 Å². The van der Waals surface area contributed by atoms with Gasteiger partial charge in [0.25, 0.3) is 0 Å². The number of carbonyl (C=O) groups is 1. The standard InChI is InChI=1S/C16H23NO2/c1-12(2)13-4-6-14(7-5-13)15-8-9-16(18)17(15)10-11-19-3/h4-7,12,15H,8-11H2,1-3H3. The second-order valence-electron chi connectivity index (χ2n) is 5.46. The molecule has 1 amide bonds. The van der Waals surface area contributed by atoms with Crippen molar-refractivity contribution in [2.75, 3.05) is 20.3 Å². The molecule has 0 bridgehead atoms. The van der Waals surface area contributed by atoms with Crippen molar-refractivity contribution in [3.8, 4) is 0 Å². The van der Waals surface area contributed by atoms with Gasteiger partial charge in [-0.25, -0.2) is 0 Å². The van der Waals surface area contributed by atoms with Crippen LogP contribution in [0.1, 0.15) is 49.8 Å². The van der Waals surface area contributed by atoms with Gasteiger partial charge in [-0.15, -0.1) is 0 Å². The first-order chi connectivity index (χ1) is 9.13. The second kappa shape index (κ2) is 6.20. The summed E-state index contributed by atoms with van der Waals surface area (Å²) in [4.78, 5) is 13.9. The number of ether oxygens (including phenoxy) is 1. The van der Waals surface area contributed by atoms with Gasteiger partial charge in [-0.05, 0) is 23.5 Å². The molecule has 0 aliphatic carbocycles. The van der Waals surface area contributed by atoms with E-state index in [1.165, 1.54) is 11.1 Å². The van der Waals surface area contributed by atoms with Gasteiger partial charge in [-0.1, -0.05) is 38.1 Å². The van der Waals surface area contributed by atoms with E-state index in [2.05, 4.69) is 38.1 Å². The van der Waals surface area contributed by atoms with Gasteiger partial charge < -0.3 is 9.64 Å². The van der Waals surface area contributed by atoms with Gasteiger partial charge in [0.2, 0.25) is 5.91 Å². The molecule has 1 fully saturated rings. The van der Waals surface area contributed by atoms with Crippen LogP contribution >= 0.6 is 0 Å². The Labute approximate surface area is 115 Å². The Balaban J connectivity index is 2.13. The first kappa shape index (κ1) is 14.1. The third-order valence-corrected chi connectivity index (χ3v) is 3.85. The molecule has 3 heteroatoms. The lowest BCUT2D eigenvalue weighted by Gasteiger charge is -2.25. The van der Waals surface area contributed by atoms with Crippen molar-refractivity contribution in [2.45, 2.75) is 38.6 Å². The van der Waals surface area contributed by atoms with Crippen molar-refractivity contribution in [1.29, 1.82) is 0 Å². The van der Waals surface area contributed by atoms with E-state index in [1.54, 1.807) is 7.11 Å². The molecule has 19 heavy (non-hydrogen) atoms. The SMILES string of the molecule is COCCN1C(=O)CCC1c1ccc(C(C)C)cc1. The van der Waals surface area contributed by atoms with Crippen LogP contribution in [0.15, 0.2) is 24.3 Å². The molecule has 1 saturated heterocycles. The third-order valence-electron chi connectivity index (χ3n) is 3.85.